The van der Waals surface area contributed by atoms with E-state index >= 15 is 0 Å². The smallest absolute Gasteiger partial charge is 0.241 e. The van der Waals surface area contributed by atoms with Crippen molar-refractivity contribution < 1.29 is 8.78 Å². The van der Waals surface area contributed by atoms with Crippen LogP contribution in [0.1, 0.15) is 12.8 Å². The van der Waals surface area contributed by atoms with Gasteiger partial charge in [0.2, 0.25) is 6.43 Å². The van der Waals surface area contributed by atoms with Crippen LogP contribution in [0.3, 0.4) is 0 Å². The van der Waals surface area contributed by atoms with Gasteiger partial charge in [0.1, 0.15) is 0 Å². The van der Waals surface area contributed by atoms with Gasteiger partial charge >= 0.3 is 0 Å². The monoisotopic (exact) mass is 171 g/mol. The van der Waals surface area contributed by atoms with Crippen molar-refractivity contribution in [2.75, 3.05) is 6.54 Å². The minimum absolute atomic E-state index is 0. The summed E-state index contributed by atoms with van der Waals surface area (Å²) < 4.78 is 23.7. The van der Waals surface area contributed by atoms with Gasteiger partial charge in [-0.05, 0) is 25.3 Å². The summed E-state index contributed by atoms with van der Waals surface area (Å²) in [4.78, 5) is 0. The summed E-state index contributed by atoms with van der Waals surface area (Å²) in [5.41, 5.74) is 5.23. The number of alkyl halides is 2. The molecule has 0 heterocycles. The summed E-state index contributed by atoms with van der Waals surface area (Å²) in [6.07, 6.45) is -0.585. The van der Waals surface area contributed by atoms with Crippen LogP contribution in [0.5, 0.6) is 0 Å². The van der Waals surface area contributed by atoms with E-state index in [2.05, 4.69) is 0 Å². The molecule has 62 valence electrons. The predicted molar refractivity (Wildman–Crippen MR) is 38.5 cm³/mol. The molecule has 1 aliphatic rings. The van der Waals surface area contributed by atoms with Crippen molar-refractivity contribution in [1.82, 2.24) is 0 Å². The van der Waals surface area contributed by atoms with Crippen molar-refractivity contribution in [3.8, 4) is 0 Å². The fourth-order valence-electron chi connectivity index (χ4n) is 1.22. The summed E-state index contributed by atoms with van der Waals surface area (Å²) in [7, 11) is 0. The van der Waals surface area contributed by atoms with Crippen LogP contribution < -0.4 is 5.73 Å². The van der Waals surface area contributed by atoms with Crippen LogP contribution in [-0.2, 0) is 0 Å². The van der Waals surface area contributed by atoms with E-state index in [1.807, 2.05) is 0 Å². The van der Waals surface area contributed by atoms with E-state index in [4.69, 9.17) is 5.73 Å². The zero-order valence-corrected chi connectivity index (χ0v) is 6.41. The zero-order valence-electron chi connectivity index (χ0n) is 5.59. The zero-order chi connectivity index (χ0) is 6.85. The molecule has 0 bridgehead atoms. The maximum absolute atomic E-state index is 11.9. The lowest BCUT2D eigenvalue weighted by Crippen LogP contribution is -2.36. The van der Waals surface area contributed by atoms with Crippen molar-refractivity contribution in [2.24, 2.45) is 17.6 Å². The van der Waals surface area contributed by atoms with Gasteiger partial charge in [-0.15, -0.1) is 12.4 Å². The largest absolute Gasteiger partial charge is 0.330 e. The molecule has 1 rings (SSSR count). The maximum Gasteiger partial charge on any atom is 0.241 e. The third-order valence-corrected chi connectivity index (χ3v) is 2.10. The molecule has 10 heavy (non-hydrogen) atoms. The van der Waals surface area contributed by atoms with Crippen LogP contribution in [0.4, 0.5) is 8.78 Å². The van der Waals surface area contributed by atoms with Crippen LogP contribution in [0.15, 0.2) is 0 Å². The molecule has 4 heteroatoms. The predicted octanol–water partition coefficient (Wildman–Crippen LogP) is 1.66. The summed E-state index contributed by atoms with van der Waals surface area (Å²) in [6, 6.07) is 0. The molecule has 0 aliphatic heterocycles. The maximum atomic E-state index is 11.9. The highest BCUT2D eigenvalue weighted by Crippen LogP contribution is 2.37. The Kier molecular flexibility index (Phi) is 4.13. The molecule has 1 fully saturated rings. The normalized spacial score (nSPS) is 31.2. The lowest BCUT2D eigenvalue weighted by Gasteiger charge is -2.34. The van der Waals surface area contributed by atoms with Gasteiger partial charge in [-0.3, -0.25) is 0 Å². The molecule has 0 saturated heterocycles. The molecule has 0 amide bonds. The first kappa shape index (κ1) is 10.1. The highest BCUT2D eigenvalue weighted by Gasteiger charge is 2.36. The van der Waals surface area contributed by atoms with E-state index in [1.165, 1.54) is 0 Å². The van der Waals surface area contributed by atoms with Gasteiger partial charge in [0, 0.05) is 5.92 Å². The topological polar surface area (TPSA) is 26.0 Å². The standard InChI is InChI=1S/C6H11F2N.ClH/c7-6(8)5-2-1-4(5)3-9;/h4-6H,1-3,9H2;1H/t4-,5+;/m1./s1. The van der Waals surface area contributed by atoms with E-state index in [-0.39, 0.29) is 18.3 Å². The van der Waals surface area contributed by atoms with Crippen LogP contribution in [-0.4, -0.2) is 13.0 Å². The average molecular weight is 172 g/mol. The fourth-order valence-corrected chi connectivity index (χ4v) is 1.22. The Hall–Kier alpha value is 0.110. The second-order valence-electron chi connectivity index (χ2n) is 2.57. The molecule has 0 spiro atoms. The lowest BCUT2D eigenvalue weighted by molar-refractivity contribution is -0.00809. The van der Waals surface area contributed by atoms with Crippen molar-refractivity contribution in [3.63, 3.8) is 0 Å². The summed E-state index contributed by atoms with van der Waals surface area (Å²) in [5, 5.41) is 0. The molecular weight excluding hydrogens is 160 g/mol. The number of halogens is 3. The summed E-state index contributed by atoms with van der Waals surface area (Å²) in [5.74, 6) is -0.292. The lowest BCUT2D eigenvalue weighted by atomic mass is 9.74. The first-order valence-corrected chi connectivity index (χ1v) is 3.24. The van der Waals surface area contributed by atoms with Crippen LogP contribution >= 0.6 is 12.4 Å². The first-order chi connectivity index (χ1) is 4.25. The molecule has 0 aromatic carbocycles. The highest BCUT2D eigenvalue weighted by atomic mass is 35.5. The minimum Gasteiger partial charge on any atom is -0.330 e. The molecule has 2 atom stereocenters. The number of rotatable bonds is 2. The van der Waals surface area contributed by atoms with Gasteiger partial charge in [-0.1, -0.05) is 0 Å². The van der Waals surface area contributed by atoms with Gasteiger partial charge in [-0.2, -0.15) is 0 Å². The molecule has 1 aliphatic carbocycles. The van der Waals surface area contributed by atoms with Gasteiger partial charge in [0.05, 0.1) is 0 Å². The Bertz CT molecular complexity index is 97.7. The van der Waals surface area contributed by atoms with Crippen molar-refractivity contribution in [3.05, 3.63) is 0 Å². The van der Waals surface area contributed by atoms with Gasteiger partial charge in [0.25, 0.3) is 0 Å². The number of hydrogen-bond donors (Lipinski definition) is 1. The third kappa shape index (κ3) is 1.80. The second-order valence-corrected chi connectivity index (χ2v) is 2.57. The molecule has 2 N–H and O–H groups in total. The van der Waals surface area contributed by atoms with Gasteiger partial charge in [0.15, 0.2) is 0 Å². The molecule has 0 aromatic heterocycles. The van der Waals surface area contributed by atoms with Crippen LogP contribution in [0.2, 0.25) is 0 Å². The molecule has 0 unspecified atom stereocenters. The highest BCUT2D eigenvalue weighted by molar-refractivity contribution is 5.85. The minimum atomic E-state index is -2.15. The summed E-state index contributed by atoms with van der Waals surface area (Å²) >= 11 is 0. The summed E-state index contributed by atoms with van der Waals surface area (Å²) in [6.45, 7) is 0.426. The van der Waals surface area contributed by atoms with E-state index < -0.39 is 12.3 Å². The molecule has 1 saturated carbocycles. The molecule has 0 aromatic rings. The Morgan fingerprint density at radius 3 is 2.10 bits per heavy atom. The van der Waals surface area contributed by atoms with E-state index in [0.717, 1.165) is 6.42 Å². The molecular formula is C6H12ClF2N. The number of nitrogens with two attached hydrogens (primary N) is 1. The Morgan fingerprint density at radius 2 is 2.00 bits per heavy atom. The molecule has 1 nitrogen and oxygen atoms in total. The Morgan fingerprint density at radius 1 is 1.40 bits per heavy atom. The fraction of sp³-hybridized carbons (Fsp3) is 1.00. The Labute approximate surface area is 65.4 Å². The quantitative estimate of drug-likeness (QED) is 0.672. The van der Waals surface area contributed by atoms with Gasteiger partial charge in [-0.25, -0.2) is 8.78 Å². The third-order valence-electron chi connectivity index (χ3n) is 2.10. The second kappa shape index (κ2) is 4.09. The van der Waals surface area contributed by atoms with E-state index in [1.54, 1.807) is 0 Å². The van der Waals surface area contributed by atoms with Gasteiger partial charge < -0.3 is 5.73 Å². The van der Waals surface area contributed by atoms with Crippen molar-refractivity contribution in [2.45, 2.75) is 19.3 Å². The Balaban J connectivity index is 0.000000810. The van der Waals surface area contributed by atoms with E-state index in [0.29, 0.717) is 13.0 Å². The number of hydrogen-bond acceptors (Lipinski definition) is 1. The van der Waals surface area contributed by atoms with Crippen molar-refractivity contribution >= 4 is 12.4 Å². The van der Waals surface area contributed by atoms with E-state index in [9.17, 15) is 8.78 Å². The molecule has 0 radical (unpaired) electrons. The van der Waals surface area contributed by atoms with Crippen LogP contribution in [0.25, 0.3) is 0 Å². The SMILES string of the molecule is Cl.NC[C@H]1CC[C@@H]1C(F)F. The first-order valence-electron chi connectivity index (χ1n) is 3.24. The van der Waals surface area contributed by atoms with Crippen LogP contribution in [0, 0.1) is 11.8 Å². The average Bonchev–Trinajstić information content (AvgIpc) is 1.61. The van der Waals surface area contributed by atoms with Crippen molar-refractivity contribution in [1.29, 1.82) is 0 Å².